The summed E-state index contributed by atoms with van der Waals surface area (Å²) in [6, 6.07) is 0.335. The fourth-order valence-corrected chi connectivity index (χ4v) is 3.33. The average Bonchev–Trinajstić information content (AvgIpc) is 2.87. The van der Waals surface area contributed by atoms with Gasteiger partial charge in [0.2, 0.25) is 5.91 Å². The molecular formula is C14H27N3O. The number of nitrogens with one attached hydrogen (secondary N) is 2. The van der Waals surface area contributed by atoms with E-state index in [1.54, 1.807) is 0 Å². The van der Waals surface area contributed by atoms with Crippen LogP contribution < -0.4 is 10.6 Å². The molecule has 1 aliphatic carbocycles. The molecule has 18 heavy (non-hydrogen) atoms. The Balaban J connectivity index is 1.77. The van der Waals surface area contributed by atoms with Gasteiger partial charge in [0, 0.05) is 6.04 Å². The molecule has 1 heterocycles. The van der Waals surface area contributed by atoms with Crippen molar-refractivity contribution in [1.82, 2.24) is 15.5 Å². The van der Waals surface area contributed by atoms with Crippen LogP contribution >= 0.6 is 0 Å². The second-order valence-electron chi connectivity index (χ2n) is 6.24. The number of fused-ring (bicyclic) bond motifs is 1. The lowest BCUT2D eigenvalue weighted by Crippen LogP contribution is -2.47. The minimum absolute atomic E-state index is 0.0688. The first-order chi connectivity index (χ1) is 8.58. The largest absolute Gasteiger partial charge is 0.352 e. The van der Waals surface area contributed by atoms with Crippen LogP contribution in [0.3, 0.4) is 0 Å². The normalized spacial score (nSPS) is 32.6. The van der Waals surface area contributed by atoms with Crippen molar-refractivity contribution in [3.05, 3.63) is 0 Å². The molecule has 4 atom stereocenters. The molecule has 0 aromatic heterocycles. The van der Waals surface area contributed by atoms with Gasteiger partial charge in [-0.25, -0.2) is 0 Å². The van der Waals surface area contributed by atoms with Gasteiger partial charge in [0.05, 0.1) is 6.04 Å². The predicted molar refractivity (Wildman–Crippen MR) is 73.4 cm³/mol. The van der Waals surface area contributed by atoms with Crippen molar-refractivity contribution >= 4 is 5.91 Å². The van der Waals surface area contributed by atoms with Gasteiger partial charge in [-0.1, -0.05) is 6.42 Å². The van der Waals surface area contributed by atoms with Gasteiger partial charge in [0.25, 0.3) is 0 Å². The summed E-state index contributed by atoms with van der Waals surface area (Å²) in [6.07, 6.45) is 4.84. The Labute approximate surface area is 110 Å². The molecule has 0 aromatic rings. The second-order valence-corrected chi connectivity index (χ2v) is 6.24. The third-order valence-corrected chi connectivity index (χ3v) is 4.43. The van der Waals surface area contributed by atoms with Crippen molar-refractivity contribution in [2.24, 2.45) is 11.8 Å². The predicted octanol–water partition coefficient (Wildman–Crippen LogP) is 0.831. The number of hydrogen-bond donors (Lipinski definition) is 2. The van der Waals surface area contributed by atoms with Crippen molar-refractivity contribution < 1.29 is 4.79 Å². The quantitative estimate of drug-likeness (QED) is 0.763. The van der Waals surface area contributed by atoms with E-state index in [-0.39, 0.29) is 18.0 Å². The Morgan fingerprint density at radius 2 is 2.22 bits per heavy atom. The van der Waals surface area contributed by atoms with E-state index in [0.717, 1.165) is 25.4 Å². The summed E-state index contributed by atoms with van der Waals surface area (Å²) >= 11 is 0. The number of amides is 1. The smallest absolute Gasteiger partial charge is 0.237 e. The third-order valence-electron chi connectivity index (χ3n) is 4.43. The van der Waals surface area contributed by atoms with Gasteiger partial charge in [-0.3, -0.25) is 4.79 Å². The summed E-state index contributed by atoms with van der Waals surface area (Å²) in [6.45, 7) is 4.16. The van der Waals surface area contributed by atoms with Crippen molar-refractivity contribution in [1.29, 1.82) is 0 Å². The molecule has 1 aliphatic heterocycles. The molecule has 1 saturated carbocycles. The molecule has 4 unspecified atom stereocenters. The zero-order chi connectivity index (χ0) is 13.1. The summed E-state index contributed by atoms with van der Waals surface area (Å²) in [5, 5.41) is 6.57. The van der Waals surface area contributed by atoms with Crippen LogP contribution in [0, 0.1) is 11.8 Å². The molecule has 4 nitrogen and oxygen atoms in total. The van der Waals surface area contributed by atoms with Crippen LogP contribution in [0.5, 0.6) is 0 Å². The first-order valence-corrected chi connectivity index (χ1v) is 7.26. The first-order valence-electron chi connectivity index (χ1n) is 7.26. The Morgan fingerprint density at radius 1 is 1.44 bits per heavy atom. The number of carbonyl (C=O) groups excluding carboxylic acids is 1. The lowest BCUT2D eigenvalue weighted by Gasteiger charge is -2.22. The Hall–Kier alpha value is -0.610. The maximum Gasteiger partial charge on any atom is 0.237 e. The van der Waals surface area contributed by atoms with Crippen molar-refractivity contribution in [3.8, 4) is 0 Å². The maximum atomic E-state index is 12.3. The van der Waals surface area contributed by atoms with E-state index < -0.39 is 0 Å². The highest BCUT2D eigenvalue weighted by Gasteiger charge is 2.42. The van der Waals surface area contributed by atoms with Crippen molar-refractivity contribution in [2.45, 2.75) is 44.7 Å². The van der Waals surface area contributed by atoms with Crippen molar-refractivity contribution in [3.63, 3.8) is 0 Å². The molecule has 1 saturated heterocycles. The van der Waals surface area contributed by atoms with Crippen LogP contribution in [0.2, 0.25) is 0 Å². The Morgan fingerprint density at radius 3 is 2.94 bits per heavy atom. The maximum absolute atomic E-state index is 12.3. The third kappa shape index (κ3) is 3.23. The van der Waals surface area contributed by atoms with Crippen LogP contribution in [0.15, 0.2) is 0 Å². The molecule has 2 N–H and O–H groups in total. The summed E-state index contributed by atoms with van der Waals surface area (Å²) in [4.78, 5) is 14.4. The van der Waals surface area contributed by atoms with Gasteiger partial charge >= 0.3 is 0 Å². The Kier molecular flexibility index (Phi) is 4.62. The van der Waals surface area contributed by atoms with Gasteiger partial charge in [-0.15, -0.1) is 0 Å². The average molecular weight is 253 g/mol. The van der Waals surface area contributed by atoms with Gasteiger partial charge in [0.15, 0.2) is 0 Å². The molecule has 2 fully saturated rings. The van der Waals surface area contributed by atoms with E-state index in [0.29, 0.717) is 5.92 Å². The monoisotopic (exact) mass is 253 g/mol. The van der Waals surface area contributed by atoms with Crippen LogP contribution in [0.4, 0.5) is 0 Å². The van der Waals surface area contributed by atoms with E-state index in [2.05, 4.69) is 36.6 Å². The molecule has 0 radical (unpaired) electrons. The lowest BCUT2D eigenvalue weighted by atomic mass is 9.93. The number of hydrogen-bond acceptors (Lipinski definition) is 3. The fourth-order valence-electron chi connectivity index (χ4n) is 3.33. The Bertz CT molecular complexity index is 293. The van der Waals surface area contributed by atoms with Gasteiger partial charge in [-0.05, 0) is 65.2 Å². The molecule has 104 valence electrons. The minimum Gasteiger partial charge on any atom is -0.352 e. The molecule has 2 rings (SSSR count). The number of nitrogens with zero attached hydrogens (tertiary/aromatic N) is 1. The van der Waals surface area contributed by atoms with Crippen LogP contribution in [-0.2, 0) is 4.79 Å². The molecule has 2 aliphatic rings. The summed E-state index contributed by atoms with van der Waals surface area (Å²) in [5.41, 5.74) is 0. The zero-order valence-corrected chi connectivity index (χ0v) is 11.9. The van der Waals surface area contributed by atoms with Gasteiger partial charge in [0.1, 0.15) is 0 Å². The van der Waals surface area contributed by atoms with E-state index in [4.69, 9.17) is 0 Å². The standard InChI is InChI=1S/C14H27N3O/c1-10(7-8-17(2)3)16-14(18)13-12-6-4-5-11(12)9-15-13/h10-13,15H,4-9H2,1-3H3,(H,16,18). The number of carbonyl (C=O) groups is 1. The van der Waals surface area contributed by atoms with E-state index in [1.165, 1.54) is 19.3 Å². The summed E-state index contributed by atoms with van der Waals surface area (Å²) < 4.78 is 0. The highest BCUT2D eigenvalue weighted by molar-refractivity contribution is 5.82. The van der Waals surface area contributed by atoms with E-state index in [9.17, 15) is 4.79 Å². The summed E-state index contributed by atoms with van der Waals surface area (Å²) in [7, 11) is 4.13. The minimum atomic E-state index is 0.0688. The van der Waals surface area contributed by atoms with Gasteiger partial charge in [-0.2, -0.15) is 0 Å². The van der Waals surface area contributed by atoms with Crippen molar-refractivity contribution in [2.75, 3.05) is 27.2 Å². The molecule has 1 amide bonds. The fraction of sp³-hybridized carbons (Fsp3) is 0.929. The molecular weight excluding hydrogens is 226 g/mol. The highest BCUT2D eigenvalue weighted by atomic mass is 16.2. The highest BCUT2D eigenvalue weighted by Crippen LogP contribution is 2.37. The SMILES string of the molecule is CC(CCN(C)C)NC(=O)C1NCC2CCCC21. The number of rotatable bonds is 5. The molecule has 0 bridgehead atoms. The van der Waals surface area contributed by atoms with E-state index in [1.807, 2.05) is 0 Å². The van der Waals surface area contributed by atoms with Gasteiger partial charge < -0.3 is 15.5 Å². The molecule has 0 spiro atoms. The second kappa shape index (κ2) is 6.02. The van der Waals surface area contributed by atoms with Crippen LogP contribution in [-0.4, -0.2) is 50.1 Å². The molecule has 0 aromatic carbocycles. The topological polar surface area (TPSA) is 44.4 Å². The molecule has 4 heteroatoms. The first kappa shape index (κ1) is 13.8. The van der Waals surface area contributed by atoms with Crippen LogP contribution in [0.25, 0.3) is 0 Å². The summed E-state index contributed by atoms with van der Waals surface area (Å²) in [5.74, 6) is 1.56. The van der Waals surface area contributed by atoms with E-state index >= 15 is 0 Å². The lowest BCUT2D eigenvalue weighted by molar-refractivity contribution is -0.124. The zero-order valence-electron chi connectivity index (χ0n) is 11.9. The van der Waals surface area contributed by atoms with Crippen LogP contribution in [0.1, 0.15) is 32.6 Å².